The summed E-state index contributed by atoms with van der Waals surface area (Å²) in [5, 5.41) is 12.1. The number of morpholine rings is 1. The van der Waals surface area contributed by atoms with E-state index in [1.165, 1.54) is 0 Å². The molecule has 0 aromatic heterocycles. The number of amidine groups is 1. The Morgan fingerprint density at radius 3 is 2.95 bits per heavy atom. The topological polar surface area (TPSA) is 71.1 Å². The number of nitrogens with two attached hydrogens (primary N) is 1. The molecule has 1 aliphatic rings. The molecular weight excluding hydrogens is 254 g/mol. The number of anilines is 1. The van der Waals surface area contributed by atoms with Gasteiger partial charge in [0.2, 0.25) is 0 Å². The fourth-order valence-electron chi connectivity index (χ4n) is 2.63. The van der Waals surface area contributed by atoms with E-state index in [1.54, 1.807) is 0 Å². The minimum Gasteiger partial charge on any atom is -0.409 e. The lowest BCUT2D eigenvalue weighted by Gasteiger charge is -2.41. The minimum absolute atomic E-state index is 0.147. The zero-order valence-corrected chi connectivity index (χ0v) is 12.3. The van der Waals surface area contributed by atoms with Crippen LogP contribution in [0.1, 0.15) is 31.4 Å². The molecule has 0 amide bonds. The molecule has 20 heavy (non-hydrogen) atoms. The zero-order valence-electron chi connectivity index (χ0n) is 12.3. The summed E-state index contributed by atoms with van der Waals surface area (Å²) in [6.45, 7) is 7.78. The van der Waals surface area contributed by atoms with Crippen molar-refractivity contribution in [3.05, 3.63) is 29.3 Å². The van der Waals surface area contributed by atoms with Crippen molar-refractivity contribution < 1.29 is 9.94 Å². The predicted octanol–water partition coefficient (Wildman–Crippen LogP) is 2.09. The lowest BCUT2D eigenvalue weighted by Crippen LogP contribution is -2.49. The maximum Gasteiger partial charge on any atom is 0.172 e. The van der Waals surface area contributed by atoms with Crippen LogP contribution in [0, 0.1) is 6.92 Å². The van der Waals surface area contributed by atoms with Gasteiger partial charge in [0.05, 0.1) is 18.8 Å². The Kier molecular flexibility index (Phi) is 4.49. The molecule has 1 aromatic rings. The van der Waals surface area contributed by atoms with Crippen LogP contribution in [0.25, 0.3) is 0 Å². The molecule has 1 aliphatic heterocycles. The van der Waals surface area contributed by atoms with Gasteiger partial charge in [0.25, 0.3) is 0 Å². The molecule has 2 rings (SSSR count). The van der Waals surface area contributed by atoms with Gasteiger partial charge in [-0.15, -0.1) is 0 Å². The van der Waals surface area contributed by atoms with Gasteiger partial charge in [-0.25, -0.2) is 0 Å². The lowest BCUT2D eigenvalue weighted by atomic mass is 10.0. The van der Waals surface area contributed by atoms with E-state index in [-0.39, 0.29) is 11.9 Å². The Balaban J connectivity index is 2.45. The number of nitrogens with zero attached hydrogens (tertiary/aromatic N) is 2. The standard InChI is InChI=1S/C15H23N3O2/c1-4-12-9-20-11(3)8-18(12)14-7-10(2)5-6-13(14)15(16)17-19/h5-7,11-12,19H,4,8-9H2,1-3H3,(H2,16,17). The van der Waals surface area contributed by atoms with Gasteiger partial charge < -0.3 is 20.6 Å². The van der Waals surface area contributed by atoms with E-state index in [0.717, 1.165) is 29.8 Å². The second kappa shape index (κ2) is 6.13. The average molecular weight is 277 g/mol. The molecular formula is C15H23N3O2. The van der Waals surface area contributed by atoms with Crippen LogP contribution in [0.3, 0.4) is 0 Å². The highest BCUT2D eigenvalue weighted by Gasteiger charge is 2.27. The smallest absolute Gasteiger partial charge is 0.172 e. The largest absolute Gasteiger partial charge is 0.409 e. The Bertz CT molecular complexity index is 502. The number of ether oxygens (including phenoxy) is 1. The molecule has 1 aromatic carbocycles. The zero-order chi connectivity index (χ0) is 14.7. The number of hydrogen-bond donors (Lipinski definition) is 2. The summed E-state index contributed by atoms with van der Waals surface area (Å²) < 4.78 is 5.74. The van der Waals surface area contributed by atoms with E-state index < -0.39 is 0 Å². The third-order valence-corrected chi connectivity index (χ3v) is 3.79. The molecule has 2 atom stereocenters. The SMILES string of the molecule is CCC1COC(C)CN1c1cc(C)ccc1C(N)=NO. The molecule has 0 aliphatic carbocycles. The Labute approximate surface area is 120 Å². The van der Waals surface area contributed by atoms with Crippen LogP contribution in [0.2, 0.25) is 0 Å². The van der Waals surface area contributed by atoms with Crippen molar-refractivity contribution in [1.82, 2.24) is 0 Å². The van der Waals surface area contributed by atoms with Crippen LogP contribution in [0.5, 0.6) is 0 Å². The normalized spacial score (nSPS) is 23.9. The van der Waals surface area contributed by atoms with Crippen LogP contribution < -0.4 is 10.6 Å². The first kappa shape index (κ1) is 14.7. The van der Waals surface area contributed by atoms with Crippen LogP contribution in [-0.2, 0) is 4.74 Å². The van der Waals surface area contributed by atoms with Gasteiger partial charge in [-0.1, -0.05) is 18.1 Å². The summed E-state index contributed by atoms with van der Waals surface area (Å²) in [5.74, 6) is 0.147. The molecule has 1 fully saturated rings. The lowest BCUT2D eigenvalue weighted by molar-refractivity contribution is 0.0299. The van der Waals surface area contributed by atoms with Crippen LogP contribution in [0.4, 0.5) is 5.69 Å². The molecule has 0 saturated carbocycles. The summed E-state index contributed by atoms with van der Waals surface area (Å²) in [5.41, 5.74) is 8.76. The number of benzene rings is 1. The summed E-state index contributed by atoms with van der Waals surface area (Å²) in [4.78, 5) is 2.31. The quantitative estimate of drug-likeness (QED) is 0.384. The van der Waals surface area contributed by atoms with Gasteiger partial charge >= 0.3 is 0 Å². The maximum absolute atomic E-state index is 8.98. The van der Waals surface area contributed by atoms with Crippen LogP contribution in [0.15, 0.2) is 23.4 Å². The third-order valence-electron chi connectivity index (χ3n) is 3.79. The number of rotatable bonds is 3. The Hall–Kier alpha value is -1.75. The van der Waals surface area contributed by atoms with Crippen molar-refractivity contribution in [1.29, 1.82) is 0 Å². The maximum atomic E-state index is 8.98. The molecule has 1 saturated heterocycles. The van der Waals surface area contributed by atoms with Gasteiger partial charge in [-0.3, -0.25) is 0 Å². The van der Waals surface area contributed by atoms with Crippen molar-refractivity contribution in [3.8, 4) is 0 Å². The minimum atomic E-state index is 0.147. The van der Waals surface area contributed by atoms with Gasteiger partial charge in [0, 0.05) is 17.8 Å². The van der Waals surface area contributed by atoms with Crippen LogP contribution >= 0.6 is 0 Å². The molecule has 0 bridgehead atoms. The summed E-state index contributed by atoms with van der Waals surface area (Å²) in [7, 11) is 0. The van der Waals surface area contributed by atoms with Gasteiger partial charge in [0.15, 0.2) is 5.84 Å². The molecule has 0 spiro atoms. The predicted molar refractivity (Wildman–Crippen MR) is 80.5 cm³/mol. The summed E-state index contributed by atoms with van der Waals surface area (Å²) in [6.07, 6.45) is 1.18. The van der Waals surface area contributed by atoms with Crippen molar-refractivity contribution in [2.45, 2.75) is 39.3 Å². The van der Waals surface area contributed by atoms with Gasteiger partial charge in [-0.05, 0) is 38.0 Å². The van der Waals surface area contributed by atoms with Gasteiger partial charge in [0.1, 0.15) is 0 Å². The van der Waals surface area contributed by atoms with E-state index in [2.05, 4.69) is 30.0 Å². The van der Waals surface area contributed by atoms with E-state index >= 15 is 0 Å². The monoisotopic (exact) mass is 277 g/mol. The Morgan fingerprint density at radius 1 is 1.55 bits per heavy atom. The first-order chi connectivity index (χ1) is 9.56. The van der Waals surface area contributed by atoms with E-state index in [9.17, 15) is 0 Å². The van der Waals surface area contributed by atoms with E-state index in [0.29, 0.717) is 12.6 Å². The Morgan fingerprint density at radius 2 is 2.30 bits per heavy atom. The molecule has 3 N–H and O–H groups in total. The van der Waals surface area contributed by atoms with Crippen LogP contribution in [-0.4, -0.2) is 36.3 Å². The molecule has 110 valence electrons. The van der Waals surface area contributed by atoms with Gasteiger partial charge in [-0.2, -0.15) is 0 Å². The second-order valence-corrected chi connectivity index (χ2v) is 5.36. The van der Waals surface area contributed by atoms with Crippen molar-refractivity contribution in [2.24, 2.45) is 10.9 Å². The highest BCUT2D eigenvalue weighted by molar-refractivity contribution is 6.02. The van der Waals surface area contributed by atoms with E-state index in [1.807, 2.05) is 19.1 Å². The van der Waals surface area contributed by atoms with Crippen molar-refractivity contribution in [3.63, 3.8) is 0 Å². The van der Waals surface area contributed by atoms with Crippen molar-refractivity contribution >= 4 is 11.5 Å². The van der Waals surface area contributed by atoms with E-state index in [4.69, 9.17) is 15.7 Å². The number of hydrogen-bond acceptors (Lipinski definition) is 4. The number of oxime groups is 1. The highest BCUT2D eigenvalue weighted by Crippen LogP contribution is 2.28. The fraction of sp³-hybridized carbons (Fsp3) is 0.533. The fourth-order valence-corrected chi connectivity index (χ4v) is 2.63. The number of aryl methyl sites for hydroxylation is 1. The molecule has 2 unspecified atom stereocenters. The summed E-state index contributed by atoms with van der Waals surface area (Å²) >= 11 is 0. The molecule has 5 heteroatoms. The molecule has 0 radical (unpaired) electrons. The first-order valence-electron chi connectivity index (χ1n) is 7.03. The average Bonchev–Trinajstić information content (AvgIpc) is 2.46. The first-order valence-corrected chi connectivity index (χ1v) is 7.03. The highest BCUT2D eigenvalue weighted by atomic mass is 16.5. The third kappa shape index (κ3) is 2.88. The van der Waals surface area contributed by atoms with Crippen molar-refractivity contribution in [2.75, 3.05) is 18.1 Å². The molecule has 5 nitrogen and oxygen atoms in total. The second-order valence-electron chi connectivity index (χ2n) is 5.36. The molecule has 1 heterocycles. The summed E-state index contributed by atoms with van der Waals surface area (Å²) in [6, 6.07) is 6.29.